The highest BCUT2D eigenvalue weighted by Gasteiger charge is 2.31. The Kier molecular flexibility index (Phi) is 8.38. The van der Waals surface area contributed by atoms with Crippen molar-refractivity contribution in [2.45, 2.75) is 0 Å². The number of aromatic nitrogens is 2. The summed E-state index contributed by atoms with van der Waals surface area (Å²) in [6.07, 6.45) is 3.39. The summed E-state index contributed by atoms with van der Waals surface area (Å²) in [7, 11) is 3.11. The number of thiophene rings is 1. The second-order valence-corrected chi connectivity index (χ2v) is 12.6. The highest BCUT2D eigenvalue weighted by atomic mass is 32.1. The molecule has 4 aromatic carbocycles. The van der Waals surface area contributed by atoms with Gasteiger partial charge in [-0.25, -0.2) is 0 Å². The monoisotopic (exact) mass is 694 g/mol. The van der Waals surface area contributed by atoms with Crippen molar-refractivity contribution in [3.63, 3.8) is 0 Å². The van der Waals surface area contributed by atoms with Crippen molar-refractivity contribution in [2.75, 3.05) is 38.1 Å². The average molecular weight is 695 g/mol. The van der Waals surface area contributed by atoms with Gasteiger partial charge in [-0.2, -0.15) is 0 Å². The molecule has 0 aliphatic carbocycles. The van der Waals surface area contributed by atoms with Crippen LogP contribution in [-0.2, 0) is 0 Å². The molecule has 11 heteroatoms. The van der Waals surface area contributed by atoms with Crippen LogP contribution >= 0.6 is 11.3 Å². The molecule has 8 rings (SSSR count). The van der Waals surface area contributed by atoms with E-state index in [0.29, 0.717) is 90.6 Å². The first-order chi connectivity index (χ1) is 25.0. The molecule has 2 amide bonds. The third-order valence-corrected chi connectivity index (χ3v) is 9.81. The molecule has 51 heavy (non-hydrogen) atoms. The Morgan fingerprint density at radius 3 is 1.53 bits per heavy atom. The topological polar surface area (TPSA) is 121 Å². The predicted octanol–water partition coefficient (Wildman–Crippen LogP) is 8.47. The molecule has 0 unspecified atom stereocenters. The Bertz CT molecular complexity index is 2300. The number of amides is 2. The third-order valence-electron chi connectivity index (χ3n) is 8.59. The second-order valence-electron chi connectivity index (χ2n) is 11.6. The van der Waals surface area contributed by atoms with Crippen molar-refractivity contribution in [1.29, 1.82) is 0 Å². The van der Waals surface area contributed by atoms with Gasteiger partial charge in [0.05, 0.1) is 57.5 Å². The van der Waals surface area contributed by atoms with Gasteiger partial charge in [0, 0.05) is 34.3 Å². The summed E-state index contributed by atoms with van der Waals surface area (Å²) >= 11 is 1.37. The van der Waals surface area contributed by atoms with E-state index in [4.69, 9.17) is 18.9 Å². The molecule has 0 radical (unpaired) electrons. The Balaban J connectivity index is 1.23. The van der Waals surface area contributed by atoms with Gasteiger partial charge in [-0.05, 0) is 60.7 Å². The zero-order valence-corrected chi connectivity index (χ0v) is 28.4. The molecule has 1 aliphatic heterocycles. The molecular formula is C40H30N4O6S. The quantitative estimate of drug-likeness (QED) is 0.163. The summed E-state index contributed by atoms with van der Waals surface area (Å²) in [6, 6.07) is 29.5. The minimum Gasteiger partial charge on any atom is -0.497 e. The molecule has 7 aromatic rings. The van der Waals surface area contributed by atoms with Crippen molar-refractivity contribution >= 4 is 56.3 Å². The van der Waals surface area contributed by atoms with Crippen molar-refractivity contribution in [1.82, 2.24) is 9.97 Å². The van der Waals surface area contributed by atoms with Crippen LogP contribution in [0.5, 0.6) is 23.0 Å². The van der Waals surface area contributed by atoms with Crippen molar-refractivity contribution in [3.8, 4) is 43.9 Å². The van der Waals surface area contributed by atoms with Crippen LogP contribution in [0.2, 0.25) is 0 Å². The average Bonchev–Trinajstić information content (AvgIpc) is 3.57. The maximum absolute atomic E-state index is 14.1. The standard InChI is InChI=1S/C40H30N4O6S/c1-47-25-13-15-27(29(21-25)39(45)43-31-11-3-7-23-9-5-17-41-33(23)31)37-35-36(50-20-19-49-35)38(51-37)28-16-14-26(48-2)22-30(28)40(46)44-32-12-4-8-24-10-6-18-42-34(24)32/h3-18,21-22H,19-20H2,1-2H3,(H,43,45)(H,44,46). The Morgan fingerprint density at radius 1 is 0.627 bits per heavy atom. The number of rotatable bonds is 8. The molecule has 0 fully saturated rings. The lowest BCUT2D eigenvalue weighted by molar-refractivity contribution is 0.101. The van der Waals surface area contributed by atoms with E-state index >= 15 is 0 Å². The maximum Gasteiger partial charge on any atom is 0.256 e. The maximum atomic E-state index is 14.1. The first-order valence-corrected chi connectivity index (χ1v) is 16.9. The number of carbonyl (C=O) groups excluding carboxylic acids is 2. The van der Waals surface area contributed by atoms with Gasteiger partial charge in [0.15, 0.2) is 11.5 Å². The molecule has 252 valence electrons. The molecule has 3 aromatic heterocycles. The summed E-state index contributed by atoms with van der Waals surface area (Å²) in [5.41, 5.74) is 4.46. The zero-order valence-electron chi connectivity index (χ0n) is 27.6. The molecule has 0 bridgehead atoms. The smallest absolute Gasteiger partial charge is 0.256 e. The molecule has 4 heterocycles. The van der Waals surface area contributed by atoms with E-state index in [1.807, 2.05) is 72.8 Å². The Hall–Kier alpha value is -6.46. The first-order valence-electron chi connectivity index (χ1n) is 16.1. The highest BCUT2D eigenvalue weighted by Crippen LogP contribution is 2.55. The van der Waals surface area contributed by atoms with Crippen LogP contribution in [0.4, 0.5) is 11.4 Å². The van der Waals surface area contributed by atoms with Gasteiger partial charge in [-0.15, -0.1) is 11.3 Å². The number of hydrogen-bond acceptors (Lipinski definition) is 9. The molecule has 1 aliphatic rings. The molecule has 0 saturated carbocycles. The van der Waals surface area contributed by atoms with Crippen LogP contribution in [-0.4, -0.2) is 49.2 Å². The van der Waals surface area contributed by atoms with E-state index in [2.05, 4.69) is 20.6 Å². The van der Waals surface area contributed by atoms with E-state index < -0.39 is 0 Å². The number of nitrogens with one attached hydrogen (secondary N) is 2. The first kappa shape index (κ1) is 31.8. The van der Waals surface area contributed by atoms with Crippen LogP contribution in [0.25, 0.3) is 42.7 Å². The number of pyridine rings is 2. The number of benzene rings is 4. The lowest BCUT2D eigenvalue weighted by Gasteiger charge is -2.19. The van der Waals surface area contributed by atoms with E-state index in [9.17, 15) is 9.59 Å². The number of anilines is 2. The SMILES string of the molecule is COc1ccc(-c2sc(-c3ccc(OC)cc3C(=O)Nc3cccc4cccnc34)c3c2OCCO3)c(C(=O)Nc2cccc3cccnc23)c1. The van der Waals surface area contributed by atoms with Crippen LogP contribution in [0.3, 0.4) is 0 Å². The molecule has 10 nitrogen and oxygen atoms in total. The number of fused-ring (bicyclic) bond motifs is 3. The minimum atomic E-state index is -0.351. The minimum absolute atomic E-state index is 0.319. The van der Waals surface area contributed by atoms with Gasteiger partial charge < -0.3 is 29.6 Å². The van der Waals surface area contributed by atoms with Crippen molar-refractivity contribution in [3.05, 3.63) is 121 Å². The summed E-state index contributed by atoms with van der Waals surface area (Å²) in [5.74, 6) is 1.31. The van der Waals surface area contributed by atoms with Gasteiger partial charge in [0.1, 0.15) is 24.7 Å². The second kappa shape index (κ2) is 13.4. The Labute approximate surface area is 296 Å². The number of methoxy groups -OCH3 is 2. The fourth-order valence-electron chi connectivity index (χ4n) is 6.17. The number of para-hydroxylation sites is 2. The summed E-state index contributed by atoms with van der Waals surface area (Å²) in [6.45, 7) is 0.638. The fraction of sp³-hybridized carbons (Fsp3) is 0.100. The molecule has 2 N–H and O–H groups in total. The van der Waals surface area contributed by atoms with Crippen molar-refractivity contribution in [2.24, 2.45) is 0 Å². The van der Waals surface area contributed by atoms with E-state index in [1.165, 1.54) is 11.3 Å². The van der Waals surface area contributed by atoms with Gasteiger partial charge >= 0.3 is 0 Å². The number of nitrogens with zero attached hydrogens (tertiary/aromatic N) is 2. The number of hydrogen-bond donors (Lipinski definition) is 2. The molecule has 0 spiro atoms. The molecule has 0 atom stereocenters. The van der Waals surface area contributed by atoms with Gasteiger partial charge in [0.2, 0.25) is 0 Å². The largest absolute Gasteiger partial charge is 0.497 e. The lowest BCUT2D eigenvalue weighted by Crippen LogP contribution is -2.16. The fourth-order valence-corrected chi connectivity index (χ4v) is 7.44. The predicted molar refractivity (Wildman–Crippen MR) is 199 cm³/mol. The third kappa shape index (κ3) is 5.93. The van der Waals surface area contributed by atoms with Crippen LogP contribution in [0, 0.1) is 0 Å². The lowest BCUT2D eigenvalue weighted by atomic mass is 10.0. The Morgan fingerprint density at radius 2 is 1.08 bits per heavy atom. The van der Waals surface area contributed by atoms with E-state index in [0.717, 1.165) is 10.8 Å². The highest BCUT2D eigenvalue weighted by molar-refractivity contribution is 7.19. The number of ether oxygens (including phenoxy) is 4. The molecular weight excluding hydrogens is 665 g/mol. The summed E-state index contributed by atoms with van der Waals surface area (Å²) in [4.78, 5) is 38.6. The van der Waals surface area contributed by atoms with Crippen LogP contribution in [0.1, 0.15) is 20.7 Å². The number of carbonyl (C=O) groups is 2. The normalized spacial score (nSPS) is 12.0. The van der Waals surface area contributed by atoms with E-state index in [-0.39, 0.29) is 11.8 Å². The summed E-state index contributed by atoms with van der Waals surface area (Å²) in [5, 5.41) is 7.92. The van der Waals surface area contributed by atoms with Gasteiger partial charge in [-0.3, -0.25) is 19.6 Å². The molecule has 0 saturated heterocycles. The van der Waals surface area contributed by atoms with Crippen molar-refractivity contribution < 1.29 is 28.5 Å². The summed E-state index contributed by atoms with van der Waals surface area (Å²) < 4.78 is 23.6. The van der Waals surface area contributed by atoms with Gasteiger partial charge in [0.25, 0.3) is 11.8 Å². The van der Waals surface area contributed by atoms with Gasteiger partial charge in [-0.1, -0.05) is 36.4 Å². The van der Waals surface area contributed by atoms with Crippen LogP contribution < -0.4 is 29.6 Å². The zero-order chi connectivity index (χ0) is 34.9. The van der Waals surface area contributed by atoms with E-state index in [1.54, 1.807) is 50.9 Å². The van der Waals surface area contributed by atoms with Crippen LogP contribution in [0.15, 0.2) is 109 Å².